The molecule has 150 valence electrons. The van der Waals surface area contributed by atoms with Crippen LogP contribution in [0.2, 0.25) is 0 Å². The highest BCUT2D eigenvalue weighted by atomic mass is 16.2. The summed E-state index contributed by atoms with van der Waals surface area (Å²) in [5.41, 5.74) is 1.83. The van der Waals surface area contributed by atoms with Crippen LogP contribution >= 0.6 is 0 Å². The molecule has 0 N–H and O–H groups in total. The molecule has 2 aromatic heterocycles. The number of amides is 1. The number of aromatic nitrogens is 3. The van der Waals surface area contributed by atoms with E-state index in [1.807, 2.05) is 49.1 Å². The molecule has 0 saturated carbocycles. The molecule has 3 rings (SSSR count). The molecule has 0 atom stereocenters. The van der Waals surface area contributed by atoms with Crippen molar-refractivity contribution in [3.8, 4) is 0 Å². The quantitative estimate of drug-likeness (QED) is 0.792. The molecule has 1 aliphatic rings. The van der Waals surface area contributed by atoms with Crippen LogP contribution in [0.1, 0.15) is 41.5 Å². The lowest BCUT2D eigenvalue weighted by Crippen LogP contribution is -2.35. The number of hydrogen-bond acceptors (Lipinski definition) is 6. The SMILES string of the molecule is CCCc1cnc(C)nc1N1CCCN(C(=O)c2ccc(N(C)C)nc2)CC1. The van der Waals surface area contributed by atoms with Gasteiger partial charge in [0.1, 0.15) is 17.5 Å². The van der Waals surface area contributed by atoms with Crippen molar-refractivity contribution in [1.29, 1.82) is 0 Å². The van der Waals surface area contributed by atoms with E-state index in [1.165, 1.54) is 5.56 Å². The topological polar surface area (TPSA) is 65.5 Å². The average molecular weight is 383 g/mol. The Morgan fingerprint density at radius 3 is 2.61 bits per heavy atom. The molecule has 3 heterocycles. The Morgan fingerprint density at radius 2 is 1.93 bits per heavy atom. The molecule has 1 fully saturated rings. The molecule has 0 spiro atoms. The van der Waals surface area contributed by atoms with Crippen molar-refractivity contribution in [3.63, 3.8) is 0 Å². The molecule has 1 amide bonds. The van der Waals surface area contributed by atoms with Crippen molar-refractivity contribution >= 4 is 17.5 Å². The Hall–Kier alpha value is -2.70. The van der Waals surface area contributed by atoms with Crippen molar-refractivity contribution < 1.29 is 4.79 Å². The summed E-state index contributed by atoms with van der Waals surface area (Å²) in [5, 5.41) is 0. The maximum Gasteiger partial charge on any atom is 0.255 e. The number of rotatable bonds is 5. The highest BCUT2D eigenvalue weighted by Gasteiger charge is 2.22. The third kappa shape index (κ3) is 4.58. The van der Waals surface area contributed by atoms with Crippen LogP contribution < -0.4 is 9.80 Å². The summed E-state index contributed by atoms with van der Waals surface area (Å²) in [6.45, 7) is 7.21. The highest BCUT2D eigenvalue weighted by Crippen LogP contribution is 2.21. The Labute approximate surface area is 167 Å². The van der Waals surface area contributed by atoms with Crippen molar-refractivity contribution in [2.45, 2.75) is 33.1 Å². The van der Waals surface area contributed by atoms with E-state index in [0.717, 1.165) is 56.4 Å². The Kier molecular flexibility index (Phi) is 6.44. The van der Waals surface area contributed by atoms with Gasteiger partial charge < -0.3 is 14.7 Å². The first-order chi connectivity index (χ1) is 13.5. The Balaban J connectivity index is 1.71. The molecule has 7 nitrogen and oxygen atoms in total. The normalized spacial score (nSPS) is 14.7. The van der Waals surface area contributed by atoms with Gasteiger partial charge in [0.05, 0.1) is 5.56 Å². The minimum absolute atomic E-state index is 0.0484. The molecular formula is C21H30N6O. The fraction of sp³-hybridized carbons (Fsp3) is 0.524. The van der Waals surface area contributed by atoms with E-state index < -0.39 is 0 Å². The number of hydrogen-bond donors (Lipinski definition) is 0. The molecule has 7 heteroatoms. The minimum Gasteiger partial charge on any atom is -0.363 e. The van der Waals surface area contributed by atoms with Crippen LogP contribution in [-0.4, -0.2) is 66.0 Å². The van der Waals surface area contributed by atoms with E-state index in [9.17, 15) is 4.79 Å². The third-order valence-corrected chi connectivity index (χ3v) is 5.02. The lowest BCUT2D eigenvalue weighted by molar-refractivity contribution is 0.0766. The maximum absolute atomic E-state index is 12.9. The third-order valence-electron chi connectivity index (χ3n) is 5.02. The molecule has 0 unspecified atom stereocenters. The molecule has 0 aliphatic carbocycles. The first kappa shape index (κ1) is 20.0. The summed E-state index contributed by atoms with van der Waals surface area (Å²) in [6.07, 6.45) is 6.58. The molecule has 0 aromatic carbocycles. The zero-order chi connectivity index (χ0) is 20.1. The average Bonchev–Trinajstić information content (AvgIpc) is 2.95. The van der Waals surface area contributed by atoms with Gasteiger partial charge in [-0.25, -0.2) is 15.0 Å². The Morgan fingerprint density at radius 1 is 1.11 bits per heavy atom. The monoisotopic (exact) mass is 382 g/mol. The summed E-state index contributed by atoms with van der Waals surface area (Å²) < 4.78 is 0. The molecule has 28 heavy (non-hydrogen) atoms. The van der Waals surface area contributed by atoms with Crippen LogP contribution in [0.5, 0.6) is 0 Å². The van der Waals surface area contributed by atoms with Crippen molar-refractivity contribution in [3.05, 3.63) is 41.5 Å². The molecule has 1 aliphatic heterocycles. The molecule has 2 aromatic rings. The number of pyridine rings is 1. The number of carbonyl (C=O) groups is 1. The zero-order valence-corrected chi connectivity index (χ0v) is 17.4. The first-order valence-corrected chi connectivity index (χ1v) is 9.99. The largest absolute Gasteiger partial charge is 0.363 e. The van der Waals surface area contributed by atoms with Gasteiger partial charge in [-0.2, -0.15) is 0 Å². The van der Waals surface area contributed by atoms with Crippen LogP contribution in [0.15, 0.2) is 24.5 Å². The van der Waals surface area contributed by atoms with E-state index in [1.54, 1.807) is 6.20 Å². The van der Waals surface area contributed by atoms with Gasteiger partial charge in [0, 0.05) is 58.2 Å². The van der Waals surface area contributed by atoms with Crippen LogP contribution in [0.4, 0.5) is 11.6 Å². The summed E-state index contributed by atoms with van der Waals surface area (Å²) in [6, 6.07) is 3.75. The fourth-order valence-corrected chi connectivity index (χ4v) is 3.49. The fourth-order valence-electron chi connectivity index (χ4n) is 3.49. The smallest absolute Gasteiger partial charge is 0.255 e. The van der Waals surface area contributed by atoms with E-state index in [-0.39, 0.29) is 5.91 Å². The summed E-state index contributed by atoms with van der Waals surface area (Å²) in [4.78, 5) is 32.5. The van der Waals surface area contributed by atoms with Gasteiger partial charge >= 0.3 is 0 Å². The van der Waals surface area contributed by atoms with Gasteiger partial charge in [0.15, 0.2) is 0 Å². The van der Waals surface area contributed by atoms with Gasteiger partial charge in [0.2, 0.25) is 0 Å². The van der Waals surface area contributed by atoms with Crippen molar-refractivity contribution in [2.75, 3.05) is 50.1 Å². The minimum atomic E-state index is 0.0484. The van der Waals surface area contributed by atoms with Crippen LogP contribution in [-0.2, 0) is 6.42 Å². The number of anilines is 2. The van der Waals surface area contributed by atoms with E-state index in [4.69, 9.17) is 4.98 Å². The van der Waals surface area contributed by atoms with Gasteiger partial charge in [-0.1, -0.05) is 13.3 Å². The van der Waals surface area contributed by atoms with Crippen LogP contribution in [0, 0.1) is 6.92 Å². The van der Waals surface area contributed by atoms with Gasteiger partial charge in [-0.3, -0.25) is 4.79 Å². The number of carbonyl (C=O) groups excluding carboxylic acids is 1. The first-order valence-electron chi connectivity index (χ1n) is 9.99. The standard InChI is InChI=1S/C21H30N6O/c1-5-7-17-14-22-16(2)24-20(17)26-10-6-11-27(13-12-26)21(28)18-8-9-19(23-15-18)25(3)4/h8-9,14-15H,5-7,10-13H2,1-4H3. The predicted molar refractivity (Wildman–Crippen MR) is 112 cm³/mol. The predicted octanol–water partition coefficient (Wildman–Crippen LogP) is 2.55. The number of aryl methyl sites for hydroxylation is 2. The summed E-state index contributed by atoms with van der Waals surface area (Å²) >= 11 is 0. The second kappa shape index (κ2) is 8.99. The molecule has 0 bridgehead atoms. The Bertz CT molecular complexity index is 805. The molecule has 1 saturated heterocycles. The lowest BCUT2D eigenvalue weighted by atomic mass is 10.1. The van der Waals surface area contributed by atoms with Crippen LogP contribution in [0.25, 0.3) is 0 Å². The number of nitrogens with zero attached hydrogens (tertiary/aromatic N) is 6. The van der Waals surface area contributed by atoms with Crippen molar-refractivity contribution in [1.82, 2.24) is 19.9 Å². The second-order valence-electron chi connectivity index (χ2n) is 7.45. The van der Waals surface area contributed by atoms with Crippen LogP contribution in [0.3, 0.4) is 0 Å². The zero-order valence-electron chi connectivity index (χ0n) is 17.4. The highest BCUT2D eigenvalue weighted by molar-refractivity contribution is 5.94. The summed E-state index contributed by atoms with van der Waals surface area (Å²) in [5.74, 6) is 2.72. The van der Waals surface area contributed by atoms with E-state index >= 15 is 0 Å². The van der Waals surface area contributed by atoms with Gasteiger partial charge in [0.25, 0.3) is 5.91 Å². The maximum atomic E-state index is 12.9. The second-order valence-corrected chi connectivity index (χ2v) is 7.45. The van der Waals surface area contributed by atoms with Crippen molar-refractivity contribution in [2.24, 2.45) is 0 Å². The van der Waals surface area contributed by atoms with Gasteiger partial charge in [-0.05, 0) is 31.9 Å². The van der Waals surface area contributed by atoms with Gasteiger partial charge in [-0.15, -0.1) is 0 Å². The lowest BCUT2D eigenvalue weighted by Gasteiger charge is -2.25. The molecular weight excluding hydrogens is 352 g/mol. The molecule has 0 radical (unpaired) electrons. The van der Waals surface area contributed by atoms with E-state index in [0.29, 0.717) is 12.1 Å². The van der Waals surface area contributed by atoms with E-state index in [2.05, 4.69) is 21.8 Å². The summed E-state index contributed by atoms with van der Waals surface area (Å²) in [7, 11) is 3.88.